The first-order valence-electron chi connectivity index (χ1n) is 6.29. The monoisotopic (exact) mass is 366 g/mol. The van der Waals surface area contributed by atoms with E-state index in [4.69, 9.17) is 16.1 Å². The number of anilines is 1. The Bertz CT molecular complexity index is 805. The molecule has 2 aromatic heterocycles. The Hall–Kier alpha value is -1.66. The van der Waals surface area contributed by atoms with Crippen molar-refractivity contribution in [3.8, 4) is 0 Å². The second kappa shape index (κ2) is 5.61. The minimum atomic E-state index is 0.515. The summed E-state index contributed by atoms with van der Waals surface area (Å²) in [5, 5.41) is 5.49. The minimum Gasteiger partial charge on any atom is -0.352 e. The molecule has 0 atom stereocenters. The number of benzene rings is 1. The van der Waals surface area contributed by atoms with Gasteiger partial charge in [0.05, 0.1) is 17.1 Å². The minimum absolute atomic E-state index is 0.515. The number of aromatic nitrogens is 3. The highest BCUT2D eigenvalue weighted by Crippen LogP contribution is 2.30. The molecule has 21 heavy (non-hydrogen) atoms. The lowest BCUT2D eigenvalue weighted by molar-refractivity contribution is 0.387. The van der Waals surface area contributed by atoms with Crippen molar-refractivity contribution in [3.63, 3.8) is 0 Å². The quantitative estimate of drug-likeness (QED) is 0.701. The van der Waals surface area contributed by atoms with Gasteiger partial charge in [0.1, 0.15) is 5.82 Å². The second-order valence-electron chi connectivity index (χ2n) is 4.68. The number of fused-ring (bicyclic) bond motifs is 1. The number of hydrogen-bond acceptors (Lipinski definition) is 5. The molecule has 3 aromatic rings. The van der Waals surface area contributed by atoms with Crippen LogP contribution in [0.5, 0.6) is 0 Å². The van der Waals surface area contributed by atoms with E-state index in [0.717, 1.165) is 21.2 Å². The Morgan fingerprint density at radius 3 is 2.76 bits per heavy atom. The van der Waals surface area contributed by atoms with Gasteiger partial charge < -0.3 is 9.42 Å². The number of hydrogen-bond donors (Lipinski definition) is 0. The normalized spacial score (nSPS) is 11.0. The number of nitrogens with zero attached hydrogens (tertiary/aromatic N) is 4. The maximum Gasteiger partial charge on any atom is 0.223 e. The fraction of sp³-hybridized carbons (Fsp3) is 0.214. The first kappa shape index (κ1) is 14.3. The molecule has 0 radical (unpaired) electrons. The van der Waals surface area contributed by atoms with E-state index < -0.39 is 0 Å². The van der Waals surface area contributed by atoms with Gasteiger partial charge in [0.15, 0.2) is 5.82 Å². The number of aryl methyl sites for hydroxylation is 1. The van der Waals surface area contributed by atoms with Gasteiger partial charge in [0.25, 0.3) is 0 Å². The maximum absolute atomic E-state index is 6.23. The van der Waals surface area contributed by atoms with Crippen molar-refractivity contribution in [2.24, 2.45) is 0 Å². The van der Waals surface area contributed by atoms with Crippen LogP contribution in [-0.2, 0) is 6.54 Å². The Labute approximate surface area is 135 Å². The van der Waals surface area contributed by atoms with E-state index in [1.807, 2.05) is 36.2 Å². The lowest BCUT2D eigenvalue weighted by Crippen LogP contribution is -2.18. The summed E-state index contributed by atoms with van der Waals surface area (Å²) >= 11 is 9.73. The summed E-state index contributed by atoms with van der Waals surface area (Å²) in [6, 6.07) is 7.67. The van der Waals surface area contributed by atoms with Crippen molar-refractivity contribution in [2.45, 2.75) is 13.5 Å². The average molecular weight is 368 g/mol. The third-order valence-electron chi connectivity index (χ3n) is 3.08. The molecule has 0 saturated carbocycles. The molecule has 0 unspecified atom stereocenters. The van der Waals surface area contributed by atoms with Crippen molar-refractivity contribution in [2.75, 3.05) is 11.9 Å². The molecule has 0 amide bonds. The molecule has 0 aliphatic heterocycles. The molecule has 0 N–H and O–H groups in total. The van der Waals surface area contributed by atoms with E-state index >= 15 is 0 Å². The summed E-state index contributed by atoms with van der Waals surface area (Å²) in [4.78, 5) is 10.8. The molecule has 0 aliphatic rings. The van der Waals surface area contributed by atoms with E-state index in [2.05, 4.69) is 31.1 Å². The predicted molar refractivity (Wildman–Crippen MR) is 85.6 cm³/mol. The van der Waals surface area contributed by atoms with Crippen molar-refractivity contribution >= 4 is 44.3 Å². The highest BCUT2D eigenvalue weighted by atomic mass is 79.9. The first-order valence-corrected chi connectivity index (χ1v) is 7.47. The highest BCUT2D eigenvalue weighted by molar-refractivity contribution is 9.10. The van der Waals surface area contributed by atoms with E-state index in [9.17, 15) is 0 Å². The van der Waals surface area contributed by atoms with Crippen LogP contribution < -0.4 is 4.90 Å². The largest absolute Gasteiger partial charge is 0.352 e. The maximum atomic E-state index is 6.23. The Kier molecular flexibility index (Phi) is 3.82. The fourth-order valence-corrected chi connectivity index (χ4v) is 2.71. The predicted octanol–water partition coefficient (Wildman–Crippen LogP) is 3.98. The van der Waals surface area contributed by atoms with Gasteiger partial charge >= 0.3 is 0 Å². The number of pyridine rings is 1. The molecule has 0 spiro atoms. The molecular formula is C14H12BrClN4O. The summed E-state index contributed by atoms with van der Waals surface area (Å²) in [6.45, 7) is 2.28. The number of rotatable bonds is 3. The Balaban J connectivity index is 1.95. The van der Waals surface area contributed by atoms with Crippen LogP contribution in [0.15, 0.2) is 33.3 Å². The second-order valence-corrected chi connectivity index (χ2v) is 5.94. The van der Waals surface area contributed by atoms with Crippen LogP contribution in [0.25, 0.3) is 10.9 Å². The van der Waals surface area contributed by atoms with Gasteiger partial charge in [-0.2, -0.15) is 4.98 Å². The standard InChI is InChI=1S/C14H12BrClN4O/c1-8-17-12(19-21-8)7-20(2)13-6-3-9-10(15)4-5-11(16)14(9)18-13/h3-6H,7H2,1-2H3. The lowest BCUT2D eigenvalue weighted by Gasteiger charge is -2.17. The van der Waals surface area contributed by atoms with Crippen LogP contribution in [0.3, 0.4) is 0 Å². The molecule has 5 nitrogen and oxygen atoms in total. The molecule has 0 bridgehead atoms. The van der Waals surface area contributed by atoms with Crippen LogP contribution >= 0.6 is 27.5 Å². The zero-order chi connectivity index (χ0) is 15.0. The topological polar surface area (TPSA) is 55.1 Å². The summed E-state index contributed by atoms with van der Waals surface area (Å²) in [5.41, 5.74) is 0.764. The molecule has 0 aliphatic carbocycles. The van der Waals surface area contributed by atoms with Gasteiger partial charge in [-0.05, 0) is 24.3 Å². The molecular weight excluding hydrogens is 356 g/mol. The molecule has 3 rings (SSSR count). The molecule has 1 aromatic carbocycles. The number of halogens is 2. The van der Waals surface area contributed by atoms with Crippen LogP contribution in [-0.4, -0.2) is 22.2 Å². The Morgan fingerprint density at radius 2 is 2.05 bits per heavy atom. The van der Waals surface area contributed by atoms with E-state index in [1.54, 1.807) is 6.92 Å². The third-order valence-corrected chi connectivity index (χ3v) is 4.08. The third kappa shape index (κ3) is 2.87. The van der Waals surface area contributed by atoms with E-state index in [1.165, 1.54) is 0 Å². The van der Waals surface area contributed by atoms with Crippen molar-refractivity contribution in [1.29, 1.82) is 0 Å². The molecule has 2 heterocycles. The van der Waals surface area contributed by atoms with Gasteiger partial charge in [-0.15, -0.1) is 0 Å². The molecule has 108 valence electrons. The molecule has 0 saturated heterocycles. The first-order chi connectivity index (χ1) is 10.0. The van der Waals surface area contributed by atoms with Gasteiger partial charge in [-0.25, -0.2) is 4.98 Å². The SMILES string of the molecule is Cc1nc(CN(C)c2ccc3c(Br)ccc(Cl)c3n2)no1. The van der Waals surface area contributed by atoms with Gasteiger partial charge in [-0.1, -0.05) is 32.7 Å². The van der Waals surface area contributed by atoms with Gasteiger partial charge in [-0.3, -0.25) is 0 Å². The van der Waals surface area contributed by atoms with Crippen molar-refractivity contribution in [3.05, 3.63) is 45.5 Å². The van der Waals surface area contributed by atoms with E-state index in [-0.39, 0.29) is 0 Å². The summed E-state index contributed by atoms with van der Waals surface area (Å²) in [7, 11) is 1.92. The lowest BCUT2D eigenvalue weighted by atomic mass is 10.2. The van der Waals surface area contributed by atoms with Crippen LogP contribution in [0.2, 0.25) is 5.02 Å². The molecule has 0 fully saturated rings. The van der Waals surface area contributed by atoms with Crippen molar-refractivity contribution < 1.29 is 4.52 Å². The fourth-order valence-electron chi connectivity index (χ4n) is 2.05. The summed E-state index contributed by atoms with van der Waals surface area (Å²) < 4.78 is 5.94. The summed E-state index contributed by atoms with van der Waals surface area (Å²) in [6.07, 6.45) is 0. The zero-order valence-electron chi connectivity index (χ0n) is 11.5. The van der Waals surface area contributed by atoms with E-state index in [0.29, 0.717) is 23.3 Å². The van der Waals surface area contributed by atoms with Gasteiger partial charge in [0.2, 0.25) is 5.89 Å². The molecule has 7 heteroatoms. The zero-order valence-corrected chi connectivity index (χ0v) is 13.8. The van der Waals surface area contributed by atoms with Crippen LogP contribution in [0, 0.1) is 6.92 Å². The average Bonchev–Trinajstić information content (AvgIpc) is 2.88. The Morgan fingerprint density at radius 1 is 1.24 bits per heavy atom. The van der Waals surface area contributed by atoms with Crippen LogP contribution in [0.4, 0.5) is 5.82 Å². The van der Waals surface area contributed by atoms with Crippen molar-refractivity contribution in [1.82, 2.24) is 15.1 Å². The highest BCUT2D eigenvalue weighted by Gasteiger charge is 2.11. The van der Waals surface area contributed by atoms with Gasteiger partial charge in [0, 0.05) is 23.8 Å². The summed E-state index contributed by atoms with van der Waals surface area (Å²) in [5.74, 6) is 1.97. The van der Waals surface area contributed by atoms with Crippen LogP contribution in [0.1, 0.15) is 11.7 Å². The smallest absolute Gasteiger partial charge is 0.223 e.